The van der Waals surface area contributed by atoms with Gasteiger partial charge in [0.15, 0.2) is 0 Å². The molecule has 0 aliphatic heterocycles. The van der Waals surface area contributed by atoms with E-state index in [2.05, 4.69) is 99.7 Å². The van der Waals surface area contributed by atoms with E-state index in [1.165, 1.54) is 33.4 Å². The summed E-state index contributed by atoms with van der Waals surface area (Å²) in [6.45, 7) is 6.40. The summed E-state index contributed by atoms with van der Waals surface area (Å²) in [7, 11) is 0. The van der Waals surface area contributed by atoms with Crippen LogP contribution in [0.3, 0.4) is 0 Å². The van der Waals surface area contributed by atoms with Gasteiger partial charge < -0.3 is 0 Å². The first-order chi connectivity index (χ1) is 11.7. The second kappa shape index (κ2) is 11.5. The predicted octanol–water partition coefficient (Wildman–Crippen LogP) is 6.86. The SMILES string of the molecule is CC/C=C/c1ccc(-c2ccc(-c3ccc(C)cc3)[c-]c2C)cc1.[Y].[Y]. The van der Waals surface area contributed by atoms with Crippen molar-refractivity contribution < 1.29 is 65.4 Å². The van der Waals surface area contributed by atoms with Crippen molar-refractivity contribution in [2.45, 2.75) is 27.2 Å². The third-order valence-electron chi connectivity index (χ3n) is 4.27. The van der Waals surface area contributed by atoms with E-state index in [0.29, 0.717) is 0 Å². The zero-order valence-corrected chi connectivity index (χ0v) is 21.5. The Bertz CT molecular complexity index is 844. The van der Waals surface area contributed by atoms with E-state index in [9.17, 15) is 0 Å². The van der Waals surface area contributed by atoms with Crippen molar-refractivity contribution in [1.82, 2.24) is 0 Å². The molecule has 126 valence electrons. The maximum atomic E-state index is 3.55. The number of hydrogen-bond donors (Lipinski definition) is 0. The summed E-state index contributed by atoms with van der Waals surface area (Å²) in [6.07, 6.45) is 5.42. The number of rotatable bonds is 4. The van der Waals surface area contributed by atoms with Crippen LogP contribution in [0.1, 0.15) is 30.0 Å². The van der Waals surface area contributed by atoms with Gasteiger partial charge in [0.1, 0.15) is 0 Å². The third kappa shape index (κ3) is 6.06. The molecule has 0 N–H and O–H groups in total. The smallest absolute Gasteiger partial charge is 0 e. The van der Waals surface area contributed by atoms with Crippen LogP contribution in [-0.4, -0.2) is 0 Å². The predicted molar refractivity (Wildman–Crippen MR) is 105 cm³/mol. The molecule has 0 aliphatic carbocycles. The van der Waals surface area contributed by atoms with Gasteiger partial charge in [0, 0.05) is 65.4 Å². The van der Waals surface area contributed by atoms with Gasteiger partial charge in [-0.1, -0.05) is 96.8 Å². The van der Waals surface area contributed by atoms with Crippen LogP contribution in [0.5, 0.6) is 0 Å². The molecule has 0 atom stereocenters. The molecule has 0 bridgehead atoms. The van der Waals surface area contributed by atoms with Crippen molar-refractivity contribution in [3.8, 4) is 22.3 Å². The summed E-state index contributed by atoms with van der Waals surface area (Å²) in [5.74, 6) is 0. The zero-order valence-electron chi connectivity index (χ0n) is 15.8. The molecule has 0 saturated carbocycles. The van der Waals surface area contributed by atoms with Gasteiger partial charge in [0.05, 0.1) is 0 Å². The standard InChI is InChI=1S/C24H23.2Y/c1-4-5-6-20-9-13-22(14-10-20)24-16-15-23(17-19(24)3)21-11-7-18(2)8-12-21;;/h5-16H,4H2,1-3H3;;/q-1;;/b6-5+;;. The van der Waals surface area contributed by atoms with Crippen LogP contribution in [0.15, 0.2) is 66.7 Å². The van der Waals surface area contributed by atoms with Crippen LogP contribution in [0.2, 0.25) is 0 Å². The molecule has 0 fully saturated rings. The Morgan fingerprint density at radius 2 is 1.38 bits per heavy atom. The second-order valence-corrected chi connectivity index (χ2v) is 6.21. The minimum Gasteiger partial charge on any atom is -0.143 e. The Morgan fingerprint density at radius 1 is 0.769 bits per heavy atom. The van der Waals surface area contributed by atoms with Gasteiger partial charge in [-0.15, -0.1) is 29.3 Å². The van der Waals surface area contributed by atoms with E-state index in [1.807, 2.05) is 0 Å². The van der Waals surface area contributed by atoms with Gasteiger partial charge in [0.2, 0.25) is 0 Å². The monoisotopic (exact) mass is 489 g/mol. The molecule has 3 aromatic rings. The van der Waals surface area contributed by atoms with Crippen LogP contribution < -0.4 is 0 Å². The molecule has 0 nitrogen and oxygen atoms in total. The topological polar surface area (TPSA) is 0 Å². The minimum absolute atomic E-state index is 0. The van der Waals surface area contributed by atoms with E-state index < -0.39 is 0 Å². The molecule has 3 aromatic carbocycles. The summed E-state index contributed by atoms with van der Waals surface area (Å²) in [5, 5.41) is 0. The molecule has 0 amide bonds. The van der Waals surface area contributed by atoms with Crippen molar-refractivity contribution in [2.24, 2.45) is 0 Å². The van der Waals surface area contributed by atoms with Crippen LogP contribution in [0.4, 0.5) is 0 Å². The van der Waals surface area contributed by atoms with Crippen molar-refractivity contribution in [3.63, 3.8) is 0 Å². The summed E-state index contributed by atoms with van der Waals surface area (Å²) in [5.41, 5.74) is 8.58. The fourth-order valence-corrected chi connectivity index (χ4v) is 2.84. The molecule has 26 heavy (non-hydrogen) atoms. The van der Waals surface area contributed by atoms with Crippen molar-refractivity contribution in [3.05, 3.63) is 89.5 Å². The normalized spacial score (nSPS) is 10.3. The molecule has 0 unspecified atom stereocenters. The minimum atomic E-state index is 0. The Balaban J connectivity index is 0.00000169. The Morgan fingerprint density at radius 3 is 1.96 bits per heavy atom. The first-order valence-corrected chi connectivity index (χ1v) is 8.54. The number of aryl methyl sites for hydroxylation is 2. The third-order valence-corrected chi connectivity index (χ3v) is 4.27. The number of benzene rings is 3. The number of hydrogen-bond acceptors (Lipinski definition) is 0. The quantitative estimate of drug-likeness (QED) is 0.352. The van der Waals surface area contributed by atoms with Crippen LogP contribution in [0, 0.1) is 19.9 Å². The molecule has 0 aromatic heterocycles. The van der Waals surface area contributed by atoms with Crippen LogP contribution in [-0.2, 0) is 65.4 Å². The van der Waals surface area contributed by atoms with E-state index >= 15 is 0 Å². The van der Waals surface area contributed by atoms with E-state index in [4.69, 9.17) is 0 Å². The number of allylic oxidation sites excluding steroid dienone is 1. The van der Waals surface area contributed by atoms with Crippen molar-refractivity contribution >= 4 is 6.08 Å². The summed E-state index contributed by atoms with van der Waals surface area (Å²) >= 11 is 0. The maximum Gasteiger partial charge on any atom is 0 e. The average Bonchev–Trinajstić information content (AvgIpc) is 2.61. The molecule has 2 heteroatoms. The molecular formula is C24H23Y2-. The fourth-order valence-electron chi connectivity index (χ4n) is 2.84. The Labute approximate surface area is 208 Å². The molecule has 2 radical (unpaired) electrons. The largest absolute Gasteiger partial charge is 0.143 e. The van der Waals surface area contributed by atoms with Crippen molar-refractivity contribution in [2.75, 3.05) is 0 Å². The Kier molecular flexibility index (Phi) is 10.4. The van der Waals surface area contributed by atoms with Crippen LogP contribution >= 0.6 is 0 Å². The van der Waals surface area contributed by atoms with E-state index in [0.717, 1.165) is 12.0 Å². The first kappa shape index (κ1) is 23.6. The summed E-state index contributed by atoms with van der Waals surface area (Å²) < 4.78 is 0. The maximum absolute atomic E-state index is 3.55. The summed E-state index contributed by atoms with van der Waals surface area (Å²) in [4.78, 5) is 0. The molecule has 0 saturated heterocycles. The Hall–Kier alpha value is -0.392. The first-order valence-electron chi connectivity index (χ1n) is 8.54. The van der Waals surface area contributed by atoms with Crippen LogP contribution in [0.25, 0.3) is 28.3 Å². The average molecular weight is 489 g/mol. The van der Waals surface area contributed by atoms with E-state index in [1.54, 1.807) is 0 Å². The summed E-state index contributed by atoms with van der Waals surface area (Å²) in [6, 6.07) is 25.3. The molecule has 0 heterocycles. The van der Waals surface area contributed by atoms with Gasteiger partial charge in [-0.3, -0.25) is 0 Å². The van der Waals surface area contributed by atoms with Gasteiger partial charge >= 0.3 is 0 Å². The zero-order chi connectivity index (χ0) is 16.9. The second-order valence-electron chi connectivity index (χ2n) is 6.21. The van der Waals surface area contributed by atoms with Gasteiger partial charge in [-0.2, -0.15) is 0 Å². The van der Waals surface area contributed by atoms with Crippen molar-refractivity contribution in [1.29, 1.82) is 0 Å². The molecular weight excluding hydrogens is 466 g/mol. The van der Waals surface area contributed by atoms with Gasteiger partial charge in [-0.25, -0.2) is 0 Å². The molecule has 0 spiro atoms. The van der Waals surface area contributed by atoms with Gasteiger partial charge in [0.25, 0.3) is 0 Å². The van der Waals surface area contributed by atoms with E-state index in [-0.39, 0.29) is 65.4 Å². The fraction of sp³-hybridized carbons (Fsp3) is 0.167. The molecule has 3 rings (SSSR count). The van der Waals surface area contributed by atoms with Gasteiger partial charge in [-0.05, 0) is 18.9 Å². The molecule has 0 aliphatic rings.